The number of phenols is 1. The summed E-state index contributed by atoms with van der Waals surface area (Å²) in [5, 5.41) is 21.6. The summed E-state index contributed by atoms with van der Waals surface area (Å²) in [6.07, 6.45) is 1.51. The van der Waals surface area contributed by atoms with Gasteiger partial charge in [-0.1, -0.05) is 23.7 Å². The normalized spacial score (nSPS) is 17.6. The molecule has 32 heavy (non-hydrogen) atoms. The number of aliphatic hydroxyl groups is 1. The summed E-state index contributed by atoms with van der Waals surface area (Å²) < 4.78 is 5.48. The SMILES string of the molecule is CCOc1cc(C2C(=C(O)c3ccc(Cl)cc3)C(=O)C(=O)N2c2ccccn2)ccc1O. The quantitative estimate of drug-likeness (QED) is 0.338. The lowest BCUT2D eigenvalue weighted by Gasteiger charge is -2.25. The fraction of sp³-hybridized carbons (Fsp3) is 0.125. The van der Waals surface area contributed by atoms with Crippen LogP contribution in [0.3, 0.4) is 0 Å². The molecule has 162 valence electrons. The highest BCUT2D eigenvalue weighted by atomic mass is 35.5. The third kappa shape index (κ3) is 3.78. The fourth-order valence-corrected chi connectivity index (χ4v) is 3.74. The van der Waals surface area contributed by atoms with E-state index >= 15 is 0 Å². The number of aromatic hydroxyl groups is 1. The molecule has 0 spiro atoms. The first-order chi connectivity index (χ1) is 15.4. The molecular weight excluding hydrogens is 432 g/mol. The van der Waals surface area contributed by atoms with E-state index in [1.807, 2.05) is 0 Å². The Morgan fingerprint density at radius 3 is 2.53 bits per heavy atom. The number of amides is 1. The zero-order chi connectivity index (χ0) is 22.8. The molecule has 0 aliphatic carbocycles. The van der Waals surface area contributed by atoms with Crippen LogP contribution in [-0.2, 0) is 9.59 Å². The molecule has 2 aromatic carbocycles. The van der Waals surface area contributed by atoms with E-state index in [1.54, 1.807) is 61.5 Å². The monoisotopic (exact) mass is 450 g/mol. The summed E-state index contributed by atoms with van der Waals surface area (Å²) in [6.45, 7) is 2.08. The zero-order valence-corrected chi connectivity index (χ0v) is 17.8. The number of hydrogen-bond donors (Lipinski definition) is 2. The van der Waals surface area contributed by atoms with E-state index in [9.17, 15) is 19.8 Å². The van der Waals surface area contributed by atoms with Crippen molar-refractivity contribution in [3.63, 3.8) is 0 Å². The van der Waals surface area contributed by atoms with Crippen LogP contribution in [0.1, 0.15) is 24.1 Å². The molecule has 1 atom stereocenters. The minimum Gasteiger partial charge on any atom is -0.507 e. The summed E-state index contributed by atoms with van der Waals surface area (Å²) in [5.74, 6) is -1.64. The third-order valence-electron chi connectivity index (χ3n) is 5.06. The Hall–Kier alpha value is -3.84. The Morgan fingerprint density at radius 1 is 1.12 bits per heavy atom. The summed E-state index contributed by atoms with van der Waals surface area (Å²) in [5.41, 5.74) is 0.699. The van der Waals surface area contributed by atoms with Crippen molar-refractivity contribution in [2.24, 2.45) is 0 Å². The summed E-state index contributed by atoms with van der Waals surface area (Å²) >= 11 is 5.94. The second kappa shape index (κ2) is 8.72. The van der Waals surface area contributed by atoms with Crippen LogP contribution in [0.5, 0.6) is 11.5 Å². The van der Waals surface area contributed by atoms with Crippen molar-refractivity contribution in [3.05, 3.63) is 88.6 Å². The molecular formula is C24H19ClN2O5. The van der Waals surface area contributed by atoms with Crippen LogP contribution in [0.25, 0.3) is 5.76 Å². The van der Waals surface area contributed by atoms with Crippen molar-refractivity contribution in [3.8, 4) is 11.5 Å². The predicted octanol–water partition coefficient (Wildman–Crippen LogP) is 4.47. The maximum Gasteiger partial charge on any atom is 0.301 e. The molecule has 1 fully saturated rings. The molecule has 2 N–H and O–H groups in total. The van der Waals surface area contributed by atoms with Crippen LogP contribution in [0.2, 0.25) is 5.02 Å². The van der Waals surface area contributed by atoms with Gasteiger partial charge in [-0.3, -0.25) is 14.5 Å². The minimum atomic E-state index is -0.986. The second-order valence-electron chi connectivity index (χ2n) is 7.02. The molecule has 1 aliphatic heterocycles. The highest BCUT2D eigenvalue weighted by molar-refractivity contribution is 6.51. The van der Waals surface area contributed by atoms with Crippen molar-refractivity contribution in [1.82, 2.24) is 4.98 Å². The van der Waals surface area contributed by atoms with Gasteiger partial charge in [0.25, 0.3) is 5.78 Å². The van der Waals surface area contributed by atoms with Gasteiger partial charge in [0, 0.05) is 16.8 Å². The predicted molar refractivity (Wildman–Crippen MR) is 120 cm³/mol. The lowest BCUT2D eigenvalue weighted by atomic mass is 9.95. The Labute approximate surface area is 189 Å². The number of Topliss-reactive ketones (excluding diaryl/α,β-unsaturated/α-hetero) is 1. The summed E-state index contributed by atoms with van der Waals surface area (Å²) in [7, 11) is 0. The molecule has 3 aromatic rings. The number of carbonyl (C=O) groups is 2. The van der Waals surface area contributed by atoms with Crippen LogP contribution >= 0.6 is 11.6 Å². The molecule has 0 saturated carbocycles. The van der Waals surface area contributed by atoms with Crippen molar-refractivity contribution in [2.45, 2.75) is 13.0 Å². The number of nitrogens with zero attached hydrogens (tertiary/aromatic N) is 2. The molecule has 0 bridgehead atoms. The second-order valence-corrected chi connectivity index (χ2v) is 7.46. The Bertz CT molecular complexity index is 1210. The number of rotatable bonds is 5. The van der Waals surface area contributed by atoms with Crippen LogP contribution < -0.4 is 9.64 Å². The number of carbonyl (C=O) groups excluding carboxylic acids is 2. The number of ketones is 1. The first-order valence-corrected chi connectivity index (χ1v) is 10.2. The largest absolute Gasteiger partial charge is 0.507 e. The van der Waals surface area contributed by atoms with E-state index in [2.05, 4.69) is 4.98 Å². The maximum absolute atomic E-state index is 13.1. The van der Waals surface area contributed by atoms with E-state index in [1.165, 1.54) is 17.2 Å². The van der Waals surface area contributed by atoms with Crippen molar-refractivity contribution < 1.29 is 24.5 Å². The van der Waals surface area contributed by atoms with Gasteiger partial charge >= 0.3 is 5.91 Å². The molecule has 1 amide bonds. The van der Waals surface area contributed by atoms with Gasteiger partial charge in [0.1, 0.15) is 11.6 Å². The lowest BCUT2D eigenvalue weighted by Crippen LogP contribution is -2.30. The van der Waals surface area contributed by atoms with Crippen LogP contribution in [0.15, 0.2) is 72.4 Å². The topological polar surface area (TPSA) is 100.0 Å². The van der Waals surface area contributed by atoms with E-state index in [-0.39, 0.29) is 28.6 Å². The Balaban J connectivity index is 1.95. The molecule has 4 rings (SSSR count). The zero-order valence-electron chi connectivity index (χ0n) is 17.0. The van der Waals surface area contributed by atoms with Crippen molar-refractivity contribution >= 4 is 34.9 Å². The molecule has 1 aliphatic rings. The van der Waals surface area contributed by atoms with Gasteiger partial charge in [-0.15, -0.1) is 0 Å². The molecule has 8 heteroatoms. The van der Waals surface area contributed by atoms with Gasteiger partial charge in [0.05, 0.1) is 18.2 Å². The van der Waals surface area contributed by atoms with Gasteiger partial charge in [-0.05, 0) is 61.0 Å². The number of hydrogen-bond acceptors (Lipinski definition) is 6. The summed E-state index contributed by atoms with van der Waals surface area (Å²) in [6, 6.07) is 14.8. The van der Waals surface area contributed by atoms with Gasteiger partial charge in [0.15, 0.2) is 11.5 Å². The smallest absolute Gasteiger partial charge is 0.301 e. The highest BCUT2D eigenvalue weighted by Gasteiger charge is 2.47. The first kappa shape index (κ1) is 21.4. The number of phenolic OH excluding ortho intramolecular Hbond substituents is 1. The van der Waals surface area contributed by atoms with Crippen molar-refractivity contribution in [1.29, 1.82) is 0 Å². The molecule has 1 unspecified atom stereocenters. The van der Waals surface area contributed by atoms with Crippen LogP contribution in [-0.4, -0.2) is 33.5 Å². The van der Waals surface area contributed by atoms with E-state index in [4.69, 9.17) is 16.3 Å². The van der Waals surface area contributed by atoms with Crippen LogP contribution in [0.4, 0.5) is 5.82 Å². The molecule has 1 aromatic heterocycles. The third-order valence-corrected chi connectivity index (χ3v) is 5.31. The Kier molecular flexibility index (Phi) is 5.83. The highest BCUT2D eigenvalue weighted by Crippen LogP contribution is 2.43. The number of ether oxygens (including phenoxy) is 1. The lowest BCUT2D eigenvalue weighted by molar-refractivity contribution is -0.132. The van der Waals surface area contributed by atoms with Gasteiger partial charge in [0.2, 0.25) is 0 Å². The first-order valence-electron chi connectivity index (χ1n) is 9.86. The minimum absolute atomic E-state index is 0.0805. The van der Waals surface area contributed by atoms with Gasteiger partial charge in [-0.25, -0.2) is 4.98 Å². The Morgan fingerprint density at radius 2 is 1.88 bits per heavy atom. The molecule has 1 saturated heterocycles. The molecule has 0 radical (unpaired) electrons. The van der Waals surface area contributed by atoms with Gasteiger partial charge < -0.3 is 14.9 Å². The van der Waals surface area contributed by atoms with E-state index in [0.717, 1.165) is 0 Å². The number of aliphatic hydroxyl groups excluding tert-OH is 1. The fourth-order valence-electron chi connectivity index (χ4n) is 3.62. The number of pyridine rings is 1. The average Bonchev–Trinajstić information content (AvgIpc) is 3.06. The number of aromatic nitrogens is 1. The van der Waals surface area contributed by atoms with E-state index < -0.39 is 17.7 Å². The average molecular weight is 451 g/mol. The van der Waals surface area contributed by atoms with Crippen LogP contribution in [0, 0.1) is 0 Å². The van der Waals surface area contributed by atoms with Crippen molar-refractivity contribution in [2.75, 3.05) is 11.5 Å². The number of anilines is 1. The standard InChI is InChI=1S/C24H19ClN2O5/c1-2-32-18-13-15(8-11-17(18)28)21-20(22(29)14-6-9-16(25)10-7-14)23(30)24(31)27(21)19-5-3-4-12-26-19/h3-13,21,28-29H,2H2,1H3. The van der Waals surface area contributed by atoms with Gasteiger partial charge in [-0.2, -0.15) is 0 Å². The molecule has 2 heterocycles. The van der Waals surface area contributed by atoms with E-state index in [0.29, 0.717) is 22.8 Å². The number of halogens is 1. The molecule has 7 nitrogen and oxygen atoms in total. The number of benzene rings is 2. The summed E-state index contributed by atoms with van der Waals surface area (Å²) in [4.78, 5) is 31.6. The maximum atomic E-state index is 13.1.